The summed E-state index contributed by atoms with van der Waals surface area (Å²) in [6.07, 6.45) is 5.07. The maximum atomic E-state index is 11.1. The molecule has 6 heteroatoms. The van der Waals surface area contributed by atoms with E-state index in [-0.39, 0.29) is 0 Å². The molecule has 2 aromatic heterocycles. The van der Waals surface area contributed by atoms with Crippen LogP contribution < -0.4 is 0 Å². The van der Waals surface area contributed by atoms with E-state index in [1.807, 2.05) is 34.9 Å². The molecule has 112 valence electrons. The maximum absolute atomic E-state index is 11.1. The van der Waals surface area contributed by atoms with Gasteiger partial charge in [-0.1, -0.05) is 37.3 Å². The minimum Gasteiger partial charge on any atom is -0.481 e. The van der Waals surface area contributed by atoms with Gasteiger partial charge in [-0.25, -0.2) is 9.97 Å². The Morgan fingerprint density at radius 1 is 1.32 bits per heavy atom. The largest absolute Gasteiger partial charge is 0.481 e. The number of imidazole rings is 2. The maximum Gasteiger partial charge on any atom is 0.308 e. The molecule has 3 aromatic rings. The van der Waals surface area contributed by atoms with Crippen LogP contribution in [0.4, 0.5) is 0 Å². The molecule has 22 heavy (non-hydrogen) atoms. The molecule has 0 amide bonds. The Kier molecular flexibility index (Phi) is 3.74. The Morgan fingerprint density at radius 2 is 2.09 bits per heavy atom. The first-order valence-corrected chi connectivity index (χ1v) is 7.00. The molecule has 6 nitrogen and oxygen atoms in total. The average Bonchev–Trinajstić information content (AvgIpc) is 3.16. The summed E-state index contributed by atoms with van der Waals surface area (Å²) in [7, 11) is 0. The lowest BCUT2D eigenvalue weighted by atomic mass is 10.1. The minimum atomic E-state index is -0.833. The van der Waals surface area contributed by atoms with Gasteiger partial charge in [0.1, 0.15) is 5.69 Å². The van der Waals surface area contributed by atoms with Gasteiger partial charge in [0.25, 0.3) is 0 Å². The Bertz CT molecular complexity index is 763. The van der Waals surface area contributed by atoms with Crippen molar-refractivity contribution in [3.63, 3.8) is 0 Å². The summed E-state index contributed by atoms with van der Waals surface area (Å²) in [6.45, 7) is 2.02. The van der Waals surface area contributed by atoms with Gasteiger partial charge in [0.15, 0.2) is 5.82 Å². The molecule has 0 aliphatic rings. The Morgan fingerprint density at radius 3 is 2.73 bits per heavy atom. The van der Waals surface area contributed by atoms with E-state index in [0.29, 0.717) is 12.4 Å². The number of carboxylic acids is 1. The second-order valence-electron chi connectivity index (χ2n) is 5.14. The molecule has 1 aromatic carbocycles. The van der Waals surface area contributed by atoms with E-state index in [9.17, 15) is 4.79 Å². The Hall–Kier alpha value is -2.89. The number of aromatic nitrogens is 4. The molecule has 2 heterocycles. The topological polar surface area (TPSA) is 83.8 Å². The van der Waals surface area contributed by atoms with E-state index in [1.54, 1.807) is 25.6 Å². The van der Waals surface area contributed by atoms with Crippen LogP contribution in [0.2, 0.25) is 0 Å². The molecular formula is C16H16N4O2. The first-order valence-electron chi connectivity index (χ1n) is 7.00. The van der Waals surface area contributed by atoms with Gasteiger partial charge in [-0.2, -0.15) is 0 Å². The molecule has 0 unspecified atom stereocenters. The van der Waals surface area contributed by atoms with Gasteiger partial charge in [0.05, 0.1) is 17.9 Å². The normalized spacial score (nSPS) is 12.2. The number of carbonyl (C=O) groups is 1. The fraction of sp³-hybridized carbons (Fsp3) is 0.188. The third-order valence-electron chi connectivity index (χ3n) is 3.50. The van der Waals surface area contributed by atoms with Crippen LogP contribution in [-0.2, 0) is 11.3 Å². The van der Waals surface area contributed by atoms with E-state index in [1.165, 1.54) is 0 Å². The predicted molar refractivity (Wildman–Crippen MR) is 82.0 cm³/mol. The smallest absolute Gasteiger partial charge is 0.308 e. The van der Waals surface area contributed by atoms with Crippen molar-refractivity contribution >= 4 is 5.97 Å². The lowest BCUT2D eigenvalue weighted by Gasteiger charge is -2.11. The van der Waals surface area contributed by atoms with Crippen molar-refractivity contribution < 1.29 is 9.90 Å². The molecule has 0 spiro atoms. The van der Waals surface area contributed by atoms with Crippen LogP contribution in [0.25, 0.3) is 22.8 Å². The number of aromatic amines is 1. The van der Waals surface area contributed by atoms with Crippen molar-refractivity contribution in [3.05, 3.63) is 49.1 Å². The number of H-pyrrole nitrogens is 1. The van der Waals surface area contributed by atoms with Crippen molar-refractivity contribution in [2.24, 2.45) is 5.92 Å². The van der Waals surface area contributed by atoms with Gasteiger partial charge >= 0.3 is 5.97 Å². The number of nitrogens with one attached hydrogen (secondary N) is 1. The number of benzene rings is 1. The highest BCUT2D eigenvalue weighted by Crippen LogP contribution is 2.29. The molecule has 0 saturated heterocycles. The Balaban J connectivity index is 2.09. The summed E-state index contributed by atoms with van der Waals surface area (Å²) in [5.74, 6) is -0.666. The van der Waals surface area contributed by atoms with Crippen molar-refractivity contribution in [3.8, 4) is 22.8 Å². The first-order chi connectivity index (χ1) is 10.7. The quantitative estimate of drug-likeness (QED) is 0.758. The van der Waals surface area contributed by atoms with Crippen LogP contribution in [0.3, 0.4) is 0 Å². The summed E-state index contributed by atoms with van der Waals surface area (Å²) < 4.78 is 1.83. The highest BCUT2D eigenvalue weighted by atomic mass is 16.4. The SMILES string of the molecule is C[C@@H](Cn1cnc(-c2ccccc2)c1-c1ncc[nH]1)C(=O)O. The highest BCUT2D eigenvalue weighted by Gasteiger charge is 2.20. The standard InChI is InChI=1S/C16H16N4O2/c1-11(16(21)22)9-20-10-19-13(12-5-3-2-4-6-12)14(20)15-17-7-8-18-15/h2-8,10-11H,9H2,1H3,(H,17,18)(H,21,22)/t11-/m0/s1. The number of hydrogen-bond acceptors (Lipinski definition) is 3. The zero-order valence-electron chi connectivity index (χ0n) is 12.1. The Labute approximate surface area is 127 Å². The van der Waals surface area contributed by atoms with Gasteiger partial charge in [-0.15, -0.1) is 0 Å². The van der Waals surface area contributed by atoms with E-state index in [4.69, 9.17) is 5.11 Å². The molecular weight excluding hydrogens is 280 g/mol. The number of carboxylic acid groups (broad SMARTS) is 1. The van der Waals surface area contributed by atoms with E-state index < -0.39 is 11.9 Å². The zero-order chi connectivity index (χ0) is 15.5. The third kappa shape index (κ3) is 2.63. The van der Waals surface area contributed by atoms with Gasteiger partial charge in [-0.3, -0.25) is 4.79 Å². The summed E-state index contributed by atoms with van der Waals surface area (Å²) in [4.78, 5) is 23.0. The molecule has 1 atom stereocenters. The van der Waals surface area contributed by atoms with Crippen LogP contribution in [0, 0.1) is 5.92 Å². The third-order valence-corrected chi connectivity index (χ3v) is 3.50. The van der Waals surface area contributed by atoms with Gasteiger partial charge in [-0.05, 0) is 0 Å². The first kappa shape index (κ1) is 14.1. The molecule has 0 fully saturated rings. The number of nitrogens with zero attached hydrogens (tertiary/aromatic N) is 3. The summed E-state index contributed by atoms with van der Waals surface area (Å²) in [5, 5.41) is 9.13. The van der Waals surface area contributed by atoms with Crippen molar-refractivity contribution in [2.45, 2.75) is 13.5 Å². The lowest BCUT2D eigenvalue weighted by molar-refractivity contribution is -0.141. The number of aliphatic carboxylic acids is 1. The predicted octanol–water partition coefficient (Wildman–Crippen LogP) is 2.66. The lowest BCUT2D eigenvalue weighted by Crippen LogP contribution is -2.17. The molecule has 0 radical (unpaired) electrons. The molecule has 0 bridgehead atoms. The number of rotatable bonds is 5. The van der Waals surface area contributed by atoms with Crippen molar-refractivity contribution in [1.82, 2.24) is 19.5 Å². The van der Waals surface area contributed by atoms with Gasteiger partial charge in [0, 0.05) is 24.5 Å². The summed E-state index contributed by atoms with van der Waals surface area (Å²) in [5.41, 5.74) is 2.55. The van der Waals surface area contributed by atoms with E-state index in [0.717, 1.165) is 17.0 Å². The van der Waals surface area contributed by atoms with Crippen LogP contribution in [0.15, 0.2) is 49.1 Å². The molecule has 3 rings (SSSR count). The van der Waals surface area contributed by atoms with Crippen molar-refractivity contribution in [1.29, 1.82) is 0 Å². The number of hydrogen-bond donors (Lipinski definition) is 2. The van der Waals surface area contributed by atoms with Gasteiger partial charge in [0.2, 0.25) is 0 Å². The van der Waals surface area contributed by atoms with Crippen molar-refractivity contribution in [2.75, 3.05) is 0 Å². The summed E-state index contributed by atoms with van der Waals surface area (Å²) in [6, 6.07) is 9.78. The average molecular weight is 296 g/mol. The van der Waals surface area contributed by atoms with Crippen LogP contribution in [-0.4, -0.2) is 30.6 Å². The fourth-order valence-electron chi connectivity index (χ4n) is 2.34. The zero-order valence-corrected chi connectivity index (χ0v) is 12.1. The molecule has 0 aliphatic heterocycles. The van der Waals surface area contributed by atoms with E-state index in [2.05, 4.69) is 15.0 Å². The summed E-state index contributed by atoms with van der Waals surface area (Å²) >= 11 is 0. The fourth-order valence-corrected chi connectivity index (χ4v) is 2.34. The highest BCUT2D eigenvalue weighted by molar-refractivity contribution is 5.75. The van der Waals surface area contributed by atoms with Crippen LogP contribution >= 0.6 is 0 Å². The van der Waals surface area contributed by atoms with Gasteiger partial charge < -0.3 is 14.7 Å². The van der Waals surface area contributed by atoms with Crippen LogP contribution in [0.5, 0.6) is 0 Å². The molecule has 0 saturated carbocycles. The monoisotopic (exact) mass is 296 g/mol. The van der Waals surface area contributed by atoms with Crippen LogP contribution in [0.1, 0.15) is 6.92 Å². The molecule has 2 N–H and O–H groups in total. The minimum absolute atomic E-state index is 0.338. The van der Waals surface area contributed by atoms with E-state index >= 15 is 0 Å². The molecule has 0 aliphatic carbocycles. The second kappa shape index (κ2) is 5.85. The second-order valence-corrected chi connectivity index (χ2v) is 5.14.